The highest BCUT2D eigenvalue weighted by molar-refractivity contribution is 6.02. The van der Waals surface area contributed by atoms with E-state index in [1.165, 1.54) is 6.08 Å². The van der Waals surface area contributed by atoms with E-state index in [1.807, 2.05) is 6.07 Å². The summed E-state index contributed by atoms with van der Waals surface area (Å²) in [5, 5.41) is 19.3. The molecule has 0 atom stereocenters. The van der Waals surface area contributed by atoms with E-state index in [0.717, 1.165) is 0 Å². The van der Waals surface area contributed by atoms with E-state index in [2.05, 4.69) is 5.32 Å². The van der Waals surface area contributed by atoms with Crippen LogP contribution < -0.4 is 5.32 Å². The highest BCUT2D eigenvalue weighted by atomic mass is 16.4. The van der Waals surface area contributed by atoms with Gasteiger partial charge < -0.3 is 10.4 Å². The first-order valence-electron chi connectivity index (χ1n) is 4.80. The van der Waals surface area contributed by atoms with Gasteiger partial charge in [0.25, 0.3) is 5.91 Å². The molecule has 0 aromatic heterocycles. The molecule has 0 aliphatic heterocycles. The van der Waals surface area contributed by atoms with Crippen molar-refractivity contribution in [2.45, 2.75) is 0 Å². The third-order valence-electron chi connectivity index (χ3n) is 1.88. The summed E-state index contributed by atoms with van der Waals surface area (Å²) in [6, 6.07) is 10.6. The molecule has 2 N–H and O–H groups in total. The molecule has 86 valence electrons. The zero-order valence-electron chi connectivity index (χ0n) is 8.88. The van der Waals surface area contributed by atoms with Gasteiger partial charge in [0.1, 0.15) is 18.2 Å². The number of nitrogens with zero attached hydrogens (tertiary/aromatic N) is 1. The second-order valence-electron chi connectivity index (χ2n) is 3.16. The molecule has 5 nitrogen and oxygen atoms in total. The number of amides is 1. The van der Waals surface area contributed by atoms with E-state index in [-0.39, 0.29) is 5.57 Å². The van der Waals surface area contributed by atoms with Gasteiger partial charge in [0.05, 0.1) is 0 Å². The van der Waals surface area contributed by atoms with Gasteiger partial charge in [0, 0.05) is 0 Å². The average Bonchev–Trinajstić information content (AvgIpc) is 2.34. The molecule has 0 radical (unpaired) electrons. The van der Waals surface area contributed by atoms with Crippen LogP contribution in [0.5, 0.6) is 0 Å². The maximum atomic E-state index is 11.4. The Morgan fingerprint density at radius 2 is 2.00 bits per heavy atom. The number of hydrogen-bond donors (Lipinski definition) is 2. The molecule has 0 spiro atoms. The molecule has 0 saturated carbocycles. The zero-order valence-corrected chi connectivity index (χ0v) is 8.88. The molecular formula is C12H10N2O3. The Morgan fingerprint density at radius 1 is 1.35 bits per heavy atom. The summed E-state index contributed by atoms with van der Waals surface area (Å²) < 4.78 is 0. The first-order chi connectivity index (χ1) is 8.13. The first kappa shape index (κ1) is 12.5. The molecule has 1 amide bonds. The Morgan fingerprint density at radius 3 is 2.53 bits per heavy atom. The Labute approximate surface area is 98.0 Å². The standard InChI is InChI=1S/C12H10N2O3/c13-7-10(12(17)14-8-11(15)16)6-9-4-2-1-3-5-9/h1-6H,8H2,(H,14,17)(H,15,16)/b10-6+. The molecule has 0 bridgehead atoms. The van der Waals surface area contributed by atoms with Crippen molar-refractivity contribution in [3.05, 3.63) is 41.5 Å². The second kappa shape index (κ2) is 6.08. The summed E-state index contributed by atoms with van der Waals surface area (Å²) in [4.78, 5) is 21.7. The first-order valence-corrected chi connectivity index (χ1v) is 4.80. The number of rotatable bonds is 4. The van der Waals surface area contributed by atoms with Crippen LogP contribution in [-0.2, 0) is 9.59 Å². The number of carbonyl (C=O) groups excluding carboxylic acids is 1. The van der Waals surface area contributed by atoms with Crippen molar-refractivity contribution in [3.8, 4) is 6.07 Å². The number of hydrogen-bond acceptors (Lipinski definition) is 3. The highest BCUT2D eigenvalue weighted by Crippen LogP contribution is 2.05. The quantitative estimate of drug-likeness (QED) is 0.591. The maximum Gasteiger partial charge on any atom is 0.322 e. The molecule has 0 fully saturated rings. The molecule has 5 heteroatoms. The van der Waals surface area contributed by atoms with Crippen molar-refractivity contribution >= 4 is 18.0 Å². The van der Waals surface area contributed by atoms with Crippen LogP contribution in [0.15, 0.2) is 35.9 Å². The van der Waals surface area contributed by atoms with Crippen LogP contribution in [0, 0.1) is 11.3 Å². The molecule has 17 heavy (non-hydrogen) atoms. The fourth-order valence-corrected chi connectivity index (χ4v) is 1.12. The summed E-state index contributed by atoms with van der Waals surface area (Å²) in [6.07, 6.45) is 1.40. The lowest BCUT2D eigenvalue weighted by atomic mass is 10.1. The summed E-state index contributed by atoms with van der Waals surface area (Å²) in [5.41, 5.74) is 0.576. The largest absolute Gasteiger partial charge is 0.480 e. The van der Waals surface area contributed by atoms with Gasteiger partial charge in [-0.25, -0.2) is 0 Å². The molecule has 1 rings (SSSR count). The third-order valence-corrected chi connectivity index (χ3v) is 1.88. The second-order valence-corrected chi connectivity index (χ2v) is 3.16. The fraction of sp³-hybridized carbons (Fsp3) is 0.0833. The normalized spacial score (nSPS) is 10.4. The molecule has 0 heterocycles. The van der Waals surface area contributed by atoms with Crippen LogP contribution in [0.2, 0.25) is 0 Å². The predicted octanol–water partition coefficient (Wildman–Crippen LogP) is 0.794. The number of carbonyl (C=O) groups is 2. The Balaban J connectivity index is 2.79. The van der Waals surface area contributed by atoms with Crippen molar-refractivity contribution in [1.29, 1.82) is 5.26 Å². The topological polar surface area (TPSA) is 90.2 Å². The van der Waals surface area contributed by atoms with Gasteiger partial charge in [-0.15, -0.1) is 0 Å². The van der Waals surface area contributed by atoms with Crippen LogP contribution in [-0.4, -0.2) is 23.5 Å². The van der Waals surface area contributed by atoms with Crippen LogP contribution in [0.1, 0.15) is 5.56 Å². The average molecular weight is 230 g/mol. The van der Waals surface area contributed by atoms with E-state index >= 15 is 0 Å². The monoisotopic (exact) mass is 230 g/mol. The predicted molar refractivity (Wildman–Crippen MR) is 60.7 cm³/mol. The summed E-state index contributed by atoms with van der Waals surface area (Å²) in [6.45, 7) is -0.507. The Hall–Kier alpha value is -2.61. The number of aliphatic carboxylic acids is 1. The van der Waals surface area contributed by atoms with Crippen molar-refractivity contribution in [2.24, 2.45) is 0 Å². The Bertz CT molecular complexity index is 486. The number of carboxylic acids is 1. The van der Waals surface area contributed by atoms with Crippen LogP contribution >= 0.6 is 0 Å². The van der Waals surface area contributed by atoms with E-state index in [4.69, 9.17) is 10.4 Å². The Kier molecular flexibility index (Phi) is 4.45. The fourth-order valence-electron chi connectivity index (χ4n) is 1.12. The minimum Gasteiger partial charge on any atom is -0.480 e. The van der Waals surface area contributed by atoms with Crippen molar-refractivity contribution in [3.63, 3.8) is 0 Å². The lowest BCUT2D eigenvalue weighted by molar-refractivity contribution is -0.137. The van der Waals surface area contributed by atoms with E-state index in [0.29, 0.717) is 5.56 Å². The summed E-state index contributed by atoms with van der Waals surface area (Å²) in [5.74, 6) is -1.85. The zero-order chi connectivity index (χ0) is 12.7. The molecule has 0 aliphatic rings. The van der Waals surface area contributed by atoms with Crippen LogP contribution in [0.25, 0.3) is 6.08 Å². The van der Waals surface area contributed by atoms with E-state index in [1.54, 1.807) is 30.3 Å². The van der Waals surface area contributed by atoms with Gasteiger partial charge in [0.2, 0.25) is 0 Å². The van der Waals surface area contributed by atoms with E-state index < -0.39 is 18.4 Å². The molecule has 0 unspecified atom stereocenters. The number of carboxylic acid groups (broad SMARTS) is 1. The smallest absolute Gasteiger partial charge is 0.322 e. The highest BCUT2D eigenvalue weighted by Gasteiger charge is 2.09. The van der Waals surface area contributed by atoms with Gasteiger partial charge in [-0.3, -0.25) is 9.59 Å². The minimum absolute atomic E-state index is 0.127. The summed E-state index contributed by atoms with van der Waals surface area (Å²) in [7, 11) is 0. The van der Waals surface area contributed by atoms with E-state index in [9.17, 15) is 9.59 Å². The van der Waals surface area contributed by atoms with Crippen molar-refractivity contribution in [2.75, 3.05) is 6.54 Å². The van der Waals surface area contributed by atoms with Crippen molar-refractivity contribution < 1.29 is 14.7 Å². The van der Waals surface area contributed by atoms with Crippen molar-refractivity contribution in [1.82, 2.24) is 5.32 Å². The molecule has 0 saturated heterocycles. The van der Waals surface area contributed by atoms with Crippen LogP contribution in [0.3, 0.4) is 0 Å². The molecule has 1 aromatic rings. The van der Waals surface area contributed by atoms with Gasteiger partial charge in [0.15, 0.2) is 0 Å². The van der Waals surface area contributed by atoms with Gasteiger partial charge >= 0.3 is 5.97 Å². The lowest BCUT2D eigenvalue weighted by Crippen LogP contribution is -2.30. The van der Waals surface area contributed by atoms with Gasteiger partial charge in [-0.2, -0.15) is 5.26 Å². The SMILES string of the molecule is N#C/C(=C\c1ccccc1)C(=O)NCC(=O)O. The number of benzene rings is 1. The molecule has 1 aromatic carbocycles. The van der Waals surface area contributed by atoms with Crippen LogP contribution in [0.4, 0.5) is 0 Å². The third kappa shape index (κ3) is 4.18. The minimum atomic E-state index is -1.16. The number of nitriles is 1. The van der Waals surface area contributed by atoms with Gasteiger partial charge in [-0.1, -0.05) is 30.3 Å². The molecule has 0 aliphatic carbocycles. The maximum absolute atomic E-state index is 11.4. The molecular weight excluding hydrogens is 220 g/mol. The lowest BCUT2D eigenvalue weighted by Gasteiger charge is -2.00. The number of nitrogens with one attached hydrogen (secondary N) is 1. The van der Waals surface area contributed by atoms with Gasteiger partial charge in [-0.05, 0) is 11.6 Å². The summed E-state index contributed by atoms with van der Waals surface area (Å²) >= 11 is 0.